The lowest BCUT2D eigenvalue weighted by molar-refractivity contribution is -0.0284. The van der Waals surface area contributed by atoms with E-state index in [1.54, 1.807) is 0 Å². The lowest BCUT2D eigenvalue weighted by atomic mass is 9.89. The summed E-state index contributed by atoms with van der Waals surface area (Å²) in [6, 6.07) is 0. The molecule has 0 amide bonds. The van der Waals surface area contributed by atoms with Crippen LogP contribution in [-0.4, -0.2) is 25.8 Å². The zero-order valence-electron chi connectivity index (χ0n) is 13.0. The molecular weight excluding hydrogens is 222 g/mol. The van der Waals surface area contributed by atoms with Crippen molar-refractivity contribution in [2.45, 2.75) is 60.0 Å². The zero-order chi connectivity index (χ0) is 13.5. The van der Waals surface area contributed by atoms with Gasteiger partial charge in [0.15, 0.2) is 0 Å². The smallest absolute Gasteiger partial charge is 0.0627 e. The fraction of sp³-hybridized carbons (Fsp3) is 1.00. The van der Waals surface area contributed by atoms with Gasteiger partial charge in [-0.2, -0.15) is 0 Å². The molecule has 1 rings (SSSR count). The minimum atomic E-state index is 0.492. The van der Waals surface area contributed by atoms with Crippen molar-refractivity contribution in [1.29, 1.82) is 0 Å². The zero-order valence-corrected chi connectivity index (χ0v) is 13.0. The van der Waals surface area contributed by atoms with E-state index in [-0.39, 0.29) is 0 Å². The van der Waals surface area contributed by atoms with Crippen LogP contribution in [0.5, 0.6) is 0 Å². The molecule has 2 nitrogen and oxygen atoms in total. The topological polar surface area (TPSA) is 21.3 Å². The molecule has 1 aliphatic heterocycles. The molecule has 0 aliphatic carbocycles. The molecule has 3 atom stereocenters. The highest BCUT2D eigenvalue weighted by Crippen LogP contribution is 2.23. The molecule has 1 aliphatic rings. The number of piperidine rings is 1. The molecule has 2 unspecified atom stereocenters. The standard InChI is InChI=1S/C16H33NO/c1-12(2)6-7-15-10-17-9-8-16(15)18-11-14(5)13(3)4/h12-17H,6-11H2,1-5H3/t14-,15?,16?/m1/s1. The average Bonchev–Trinajstić information content (AvgIpc) is 2.34. The first-order valence-corrected chi connectivity index (χ1v) is 7.83. The molecule has 0 radical (unpaired) electrons. The van der Waals surface area contributed by atoms with Crippen LogP contribution in [0.3, 0.4) is 0 Å². The summed E-state index contributed by atoms with van der Waals surface area (Å²) in [5.74, 6) is 2.93. The van der Waals surface area contributed by atoms with Crippen LogP contribution in [0.25, 0.3) is 0 Å². The van der Waals surface area contributed by atoms with E-state index in [9.17, 15) is 0 Å². The van der Waals surface area contributed by atoms with Crippen molar-refractivity contribution in [1.82, 2.24) is 5.32 Å². The summed E-state index contributed by atoms with van der Waals surface area (Å²) < 4.78 is 6.21. The van der Waals surface area contributed by atoms with Crippen molar-refractivity contribution in [3.63, 3.8) is 0 Å². The molecule has 1 N–H and O–H groups in total. The molecular formula is C16H33NO. The van der Waals surface area contributed by atoms with Gasteiger partial charge >= 0.3 is 0 Å². The first-order chi connectivity index (χ1) is 8.50. The van der Waals surface area contributed by atoms with Gasteiger partial charge < -0.3 is 10.1 Å². The Kier molecular flexibility index (Phi) is 7.25. The summed E-state index contributed by atoms with van der Waals surface area (Å²) >= 11 is 0. The molecule has 0 bridgehead atoms. The third kappa shape index (κ3) is 5.71. The van der Waals surface area contributed by atoms with Gasteiger partial charge in [0.25, 0.3) is 0 Å². The van der Waals surface area contributed by atoms with Gasteiger partial charge in [-0.05, 0) is 43.1 Å². The van der Waals surface area contributed by atoms with Crippen molar-refractivity contribution in [2.75, 3.05) is 19.7 Å². The van der Waals surface area contributed by atoms with Crippen LogP contribution in [0.1, 0.15) is 53.9 Å². The van der Waals surface area contributed by atoms with E-state index in [1.807, 2.05) is 0 Å². The predicted octanol–water partition coefficient (Wildman–Crippen LogP) is 3.71. The molecule has 18 heavy (non-hydrogen) atoms. The maximum Gasteiger partial charge on any atom is 0.0627 e. The number of hydrogen-bond acceptors (Lipinski definition) is 2. The molecule has 0 aromatic heterocycles. The van der Waals surface area contributed by atoms with E-state index in [1.165, 1.54) is 19.3 Å². The fourth-order valence-corrected chi connectivity index (χ4v) is 2.42. The average molecular weight is 255 g/mol. The molecule has 1 heterocycles. The largest absolute Gasteiger partial charge is 0.378 e. The van der Waals surface area contributed by atoms with Crippen LogP contribution in [0.4, 0.5) is 0 Å². The highest BCUT2D eigenvalue weighted by Gasteiger charge is 2.26. The van der Waals surface area contributed by atoms with Gasteiger partial charge in [0.2, 0.25) is 0 Å². The first kappa shape index (κ1) is 16.0. The quantitative estimate of drug-likeness (QED) is 0.749. The van der Waals surface area contributed by atoms with Gasteiger partial charge in [-0.1, -0.05) is 41.0 Å². The van der Waals surface area contributed by atoms with Crippen molar-refractivity contribution < 1.29 is 4.74 Å². The molecule has 0 aromatic carbocycles. The summed E-state index contributed by atoms with van der Waals surface area (Å²) in [5.41, 5.74) is 0. The number of nitrogens with one attached hydrogen (secondary N) is 1. The Morgan fingerprint density at radius 2 is 1.89 bits per heavy atom. The van der Waals surface area contributed by atoms with Gasteiger partial charge in [-0.3, -0.25) is 0 Å². The van der Waals surface area contributed by atoms with E-state index < -0.39 is 0 Å². The van der Waals surface area contributed by atoms with E-state index in [4.69, 9.17) is 4.74 Å². The molecule has 0 spiro atoms. The van der Waals surface area contributed by atoms with Crippen LogP contribution in [0.2, 0.25) is 0 Å². The second-order valence-corrected chi connectivity index (χ2v) is 6.82. The van der Waals surface area contributed by atoms with Crippen LogP contribution in [0, 0.1) is 23.7 Å². The monoisotopic (exact) mass is 255 g/mol. The minimum Gasteiger partial charge on any atom is -0.378 e. The van der Waals surface area contributed by atoms with E-state index in [0.29, 0.717) is 12.0 Å². The molecule has 1 fully saturated rings. The molecule has 108 valence electrons. The number of hydrogen-bond donors (Lipinski definition) is 1. The Hall–Kier alpha value is -0.0800. The number of rotatable bonds is 7. The Labute approximate surface area is 114 Å². The maximum atomic E-state index is 6.21. The predicted molar refractivity (Wildman–Crippen MR) is 78.8 cm³/mol. The molecule has 2 heteroatoms. The Bertz CT molecular complexity index is 215. The molecule has 0 aromatic rings. The minimum absolute atomic E-state index is 0.492. The Morgan fingerprint density at radius 3 is 2.50 bits per heavy atom. The van der Waals surface area contributed by atoms with Gasteiger partial charge in [-0.15, -0.1) is 0 Å². The lowest BCUT2D eigenvalue weighted by Crippen LogP contribution is -2.42. The van der Waals surface area contributed by atoms with Crippen molar-refractivity contribution >= 4 is 0 Å². The van der Waals surface area contributed by atoms with Gasteiger partial charge in [0.1, 0.15) is 0 Å². The summed E-state index contributed by atoms with van der Waals surface area (Å²) in [6.07, 6.45) is 4.32. The summed E-state index contributed by atoms with van der Waals surface area (Å²) in [6.45, 7) is 14.7. The summed E-state index contributed by atoms with van der Waals surface area (Å²) in [5, 5.41) is 3.52. The van der Waals surface area contributed by atoms with Gasteiger partial charge in [-0.25, -0.2) is 0 Å². The van der Waals surface area contributed by atoms with Crippen LogP contribution < -0.4 is 5.32 Å². The van der Waals surface area contributed by atoms with Crippen molar-refractivity contribution in [3.05, 3.63) is 0 Å². The SMILES string of the molecule is CC(C)CCC1CNCCC1OC[C@@H](C)C(C)C. The molecule has 0 saturated carbocycles. The third-order valence-corrected chi connectivity index (χ3v) is 4.36. The summed E-state index contributed by atoms with van der Waals surface area (Å²) in [4.78, 5) is 0. The Balaban J connectivity index is 2.34. The normalized spacial score (nSPS) is 26.8. The third-order valence-electron chi connectivity index (χ3n) is 4.36. The maximum absolute atomic E-state index is 6.21. The van der Waals surface area contributed by atoms with Gasteiger partial charge in [0.05, 0.1) is 6.10 Å². The van der Waals surface area contributed by atoms with Crippen LogP contribution in [-0.2, 0) is 4.74 Å². The summed E-state index contributed by atoms with van der Waals surface area (Å²) in [7, 11) is 0. The Morgan fingerprint density at radius 1 is 1.17 bits per heavy atom. The second-order valence-electron chi connectivity index (χ2n) is 6.82. The lowest BCUT2D eigenvalue weighted by Gasteiger charge is -2.33. The molecule has 1 saturated heterocycles. The van der Waals surface area contributed by atoms with E-state index >= 15 is 0 Å². The fourth-order valence-electron chi connectivity index (χ4n) is 2.42. The van der Waals surface area contributed by atoms with Crippen molar-refractivity contribution in [2.24, 2.45) is 23.7 Å². The van der Waals surface area contributed by atoms with Gasteiger partial charge in [0, 0.05) is 13.2 Å². The second kappa shape index (κ2) is 8.16. The first-order valence-electron chi connectivity index (χ1n) is 7.83. The van der Waals surface area contributed by atoms with Crippen molar-refractivity contribution in [3.8, 4) is 0 Å². The van der Waals surface area contributed by atoms with Crippen LogP contribution in [0.15, 0.2) is 0 Å². The highest BCUT2D eigenvalue weighted by atomic mass is 16.5. The van der Waals surface area contributed by atoms with Crippen LogP contribution >= 0.6 is 0 Å². The van der Waals surface area contributed by atoms with E-state index in [0.717, 1.165) is 37.5 Å². The number of ether oxygens (including phenoxy) is 1. The highest BCUT2D eigenvalue weighted by molar-refractivity contribution is 4.79. The van der Waals surface area contributed by atoms with E-state index in [2.05, 4.69) is 39.9 Å².